The Morgan fingerprint density at radius 3 is 2.60 bits per heavy atom. The van der Waals surface area contributed by atoms with E-state index in [4.69, 9.17) is 13.0 Å². The van der Waals surface area contributed by atoms with Gasteiger partial charge >= 0.3 is 6.08 Å². The second-order valence-electron chi connectivity index (χ2n) is 3.10. The van der Waals surface area contributed by atoms with E-state index in [1.807, 2.05) is 0 Å². The summed E-state index contributed by atoms with van der Waals surface area (Å²) in [6.07, 6.45) is -4.96. The summed E-state index contributed by atoms with van der Waals surface area (Å²) in [6.45, 7) is -0.657. The van der Waals surface area contributed by atoms with E-state index in [-0.39, 0.29) is 0 Å². The van der Waals surface area contributed by atoms with Crippen molar-refractivity contribution in [1.82, 2.24) is 0 Å². The molecule has 4 atom stereocenters. The molecule has 0 saturated carbocycles. The van der Waals surface area contributed by atoms with Crippen LogP contribution in [-0.2, 0) is 4.74 Å². The number of aliphatic hydroxyl groups is 2. The van der Waals surface area contributed by atoms with Crippen LogP contribution in [0.15, 0.2) is 17.9 Å². The molecule has 0 aromatic rings. The maximum Gasteiger partial charge on any atom is 0.312 e. The lowest BCUT2D eigenvalue weighted by atomic mass is 9.82. The zero-order valence-electron chi connectivity index (χ0n) is 7.53. The van der Waals surface area contributed by atoms with Gasteiger partial charge in [0.1, 0.15) is 20.1 Å². The monoisotopic (exact) mass is 220 g/mol. The van der Waals surface area contributed by atoms with Crippen molar-refractivity contribution in [3.05, 3.63) is 17.9 Å². The molecule has 4 unspecified atom stereocenters. The van der Waals surface area contributed by atoms with Gasteiger partial charge in [0, 0.05) is 6.08 Å². The first-order valence-electron chi connectivity index (χ1n) is 4.09. The lowest BCUT2D eigenvalue weighted by molar-refractivity contribution is -0.00856. The van der Waals surface area contributed by atoms with Gasteiger partial charge in [0.2, 0.25) is 0 Å². The average molecular weight is 220 g/mol. The Kier molecular flexibility index (Phi) is 3.62. The number of aliphatic hydroxyl groups excluding tert-OH is 2. The molecule has 2 radical (unpaired) electrons. The summed E-state index contributed by atoms with van der Waals surface area (Å²) in [7, 11) is 5.16. The Hall–Kier alpha value is -0.745. The summed E-state index contributed by atoms with van der Waals surface area (Å²) in [6, 6.07) is -1.61. The highest BCUT2D eigenvalue weighted by molar-refractivity contribution is 6.12. The van der Waals surface area contributed by atoms with Crippen LogP contribution in [0.4, 0.5) is 13.2 Å². The fourth-order valence-corrected chi connectivity index (χ4v) is 1.30. The molecular weight excluding hydrogens is 212 g/mol. The minimum absolute atomic E-state index is 0.313. The molecular formula is C8H8BF3O3. The maximum atomic E-state index is 13.8. The predicted molar refractivity (Wildman–Crippen MR) is 45.2 cm³/mol. The molecule has 2 N–H and O–H groups in total. The first kappa shape index (κ1) is 12.3. The van der Waals surface area contributed by atoms with Crippen LogP contribution in [0.1, 0.15) is 0 Å². The molecule has 1 aliphatic rings. The molecule has 15 heavy (non-hydrogen) atoms. The summed E-state index contributed by atoms with van der Waals surface area (Å²) >= 11 is 0. The number of alkyl halides is 1. The summed E-state index contributed by atoms with van der Waals surface area (Å²) in [4.78, 5) is 0. The normalized spacial score (nSPS) is 39.9. The maximum absolute atomic E-state index is 13.8. The lowest BCUT2D eigenvalue weighted by Gasteiger charge is -2.21. The number of hydrogen-bond donors (Lipinski definition) is 2. The highest BCUT2D eigenvalue weighted by Gasteiger charge is 2.53. The van der Waals surface area contributed by atoms with Gasteiger partial charge in [-0.3, -0.25) is 0 Å². The lowest BCUT2D eigenvalue weighted by Crippen LogP contribution is -2.43. The molecule has 0 spiro atoms. The molecule has 0 aromatic carbocycles. The van der Waals surface area contributed by atoms with Gasteiger partial charge in [0.25, 0.3) is 0 Å². The third-order valence-electron chi connectivity index (χ3n) is 2.15. The van der Waals surface area contributed by atoms with Gasteiger partial charge in [-0.1, -0.05) is 5.73 Å². The molecule has 1 aliphatic heterocycles. The molecule has 0 aliphatic carbocycles. The van der Waals surface area contributed by atoms with Gasteiger partial charge in [-0.25, -0.2) is 4.39 Å². The zero-order chi connectivity index (χ0) is 11.6. The Balaban J connectivity index is 2.97. The van der Waals surface area contributed by atoms with Gasteiger partial charge in [-0.05, 0) is 0 Å². The van der Waals surface area contributed by atoms with Gasteiger partial charge in [0.15, 0.2) is 5.67 Å². The highest BCUT2D eigenvalue weighted by atomic mass is 19.3. The van der Waals surface area contributed by atoms with Crippen LogP contribution in [0.3, 0.4) is 0 Å². The minimum atomic E-state index is -2.67. The van der Waals surface area contributed by atoms with E-state index < -0.39 is 36.6 Å². The topological polar surface area (TPSA) is 49.7 Å². The summed E-state index contributed by atoms with van der Waals surface area (Å²) in [5.41, 5.74) is -1.35. The van der Waals surface area contributed by atoms with E-state index in [0.717, 1.165) is 0 Å². The molecule has 7 heteroatoms. The van der Waals surface area contributed by atoms with Crippen LogP contribution in [-0.4, -0.2) is 48.5 Å². The van der Waals surface area contributed by atoms with Crippen molar-refractivity contribution in [2.75, 3.05) is 6.61 Å². The van der Waals surface area contributed by atoms with Crippen LogP contribution in [0.2, 0.25) is 0 Å². The van der Waals surface area contributed by atoms with Crippen molar-refractivity contribution in [1.29, 1.82) is 0 Å². The van der Waals surface area contributed by atoms with Gasteiger partial charge in [0.05, 0.1) is 12.6 Å². The summed E-state index contributed by atoms with van der Waals surface area (Å²) in [5.74, 6) is 0. The Morgan fingerprint density at radius 1 is 1.60 bits per heavy atom. The molecule has 3 nitrogen and oxygen atoms in total. The first-order chi connectivity index (χ1) is 6.91. The summed E-state index contributed by atoms with van der Waals surface area (Å²) in [5, 5.41) is 18.0. The van der Waals surface area contributed by atoms with Gasteiger partial charge in [-0.2, -0.15) is 8.78 Å². The number of halogens is 3. The van der Waals surface area contributed by atoms with E-state index in [9.17, 15) is 18.3 Å². The Morgan fingerprint density at radius 2 is 2.20 bits per heavy atom. The van der Waals surface area contributed by atoms with Crippen LogP contribution in [0, 0.1) is 0 Å². The molecule has 1 heterocycles. The molecule has 0 bridgehead atoms. The third kappa shape index (κ3) is 2.26. The molecule has 82 valence electrons. The molecule has 0 aromatic heterocycles. The van der Waals surface area contributed by atoms with Crippen LogP contribution < -0.4 is 0 Å². The van der Waals surface area contributed by atoms with E-state index in [1.165, 1.54) is 5.73 Å². The van der Waals surface area contributed by atoms with Crippen molar-refractivity contribution in [2.24, 2.45) is 0 Å². The third-order valence-corrected chi connectivity index (χ3v) is 2.15. The van der Waals surface area contributed by atoms with Crippen LogP contribution in [0.5, 0.6) is 0 Å². The highest BCUT2D eigenvalue weighted by Crippen LogP contribution is 2.34. The average Bonchev–Trinajstić information content (AvgIpc) is 2.40. The fraction of sp³-hybridized carbons (Fsp3) is 0.625. The second kappa shape index (κ2) is 4.41. The first-order valence-corrected chi connectivity index (χ1v) is 4.09. The number of rotatable bonds is 2. The summed E-state index contributed by atoms with van der Waals surface area (Å²) < 4.78 is 41.8. The van der Waals surface area contributed by atoms with Crippen LogP contribution >= 0.6 is 0 Å². The van der Waals surface area contributed by atoms with E-state index in [0.29, 0.717) is 6.08 Å². The smallest absolute Gasteiger partial charge is 0.312 e. The predicted octanol–water partition coefficient (Wildman–Crippen LogP) is -0.123. The second-order valence-corrected chi connectivity index (χ2v) is 3.10. The van der Waals surface area contributed by atoms with Crippen LogP contribution in [0.25, 0.3) is 0 Å². The van der Waals surface area contributed by atoms with Crippen molar-refractivity contribution in [3.63, 3.8) is 0 Å². The fourth-order valence-electron chi connectivity index (χ4n) is 1.30. The van der Waals surface area contributed by atoms with Gasteiger partial charge < -0.3 is 14.9 Å². The Labute approximate surface area is 85.3 Å². The number of hydrogen-bond acceptors (Lipinski definition) is 3. The van der Waals surface area contributed by atoms with E-state index >= 15 is 0 Å². The zero-order valence-corrected chi connectivity index (χ0v) is 7.53. The largest absolute Gasteiger partial charge is 0.394 e. The van der Waals surface area contributed by atoms with Crippen molar-refractivity contribution in [2.45, 2.75) is 23.9 Å². The van der Waals surface area contributed by atoms with Crippen molar-refractivity contribution < 1.29 is 28.1 Å². The SMILES string of the molecule is [B]C1OC(CO)C(O)C1(F)C=C=C(F)F. The van der Waals surface area contributed by atoms with E-state index in [1.54, 1.807) is 0 Å². The van der Waals surface area contributed by atoms with Gasteiger partial charge in [-0.15, -0.1) is 0 Å². The molecule has 1 saturated heterocycles. The Bertz CT molecular complexity index is 302. The molecule has 1 fully saturated rings. The van der Waals surface area contributed by atoms with Crippen molar-refractivity contribution >= 4 is 7.85 Å². The molecule has 1 rings (SSSR count). The standard InChI is InChI=1S/C8H8BF3O3/c9-7-8(12,2-1-5(10)11)6(14)4(3-13)15-7/h2,4,6-7,13-14H,3H2. The quantitative estimate of drug-likeness (QED) is 0.503. The number of ether oxygens (including phenoxy) is 1. The molecule has 0 amide bonds. The minimum Gasteiger partial charge on any atom is -0.394 e. The van der Waals surface area contributed by atoms with Crippen molar-refractivity contribution in [3.8, 4) is 0 Å². The van der Waals surface area contributed by atoms with E-state index in [2.05, 4.69) is 4.74 Å².